The number of rotatable bonds is 2. The molecule has 0 bridgehead atoms. The van der Waals surface area contributed by atoms with Crippen molar-refractivity contribution in [2.75, 3.05) is 14.1 Å². The van der Waals surface area contributed by atoms with Gasteiger partial charge in [0.25, 0.3) is 0 Å². The van der Waals surface area contributed by atoms with Gasteiger partial charge in [-0.2, -0.15) is 0 Å². The van der Waals surface area contributed by atoms with E-state index in [1.54, 1.807) is 0 Å². The number of nitrogens with zero attached hydrogens (tertiary/aromatic N) is 1. The molecule has 0 aliphatic heterocycles. The van der Waals surface area contributed by atoms with Gasteiger partial charge in [-0.25, -0.2) is 0 Å². The summed E-state index contributed by atoms with van der Waals surface area (Å²) in [6, 6.07) is 19.8. The lowest BCUT2D eigenvalue weighted by Gasteiger charge is -2.10. The fourth-order valence-corrected chi connectivity index (χ4v) is 2.45. The third kappa shape index (κ3) is 2.09. The summed E-state index contributed by atoms with van der Waals surface area (Å²) in [5.74, 6) is 0. The molecule has 1 heteroatoms. The smallest absolute Gasteiger partial charge is 0.0227 e. The molecule has 0 fully saturated rings. The molecule has 18 heavy (non-hydrogen) atoms. The van der Waals surface area contributed by atoms with Crippen molar-refractivity contribution < 1.29 is 0 Å². The van der Waals surface area contributed by atoms with E-state index >= 15 is 0 Å². The average Bonchev–Trinajstić information content (AvgIpc) is 2.35. The fraction of sp³-hybridized carbons (Fsp3) is 0.176. The first kappa shape index (κ1) is 11.2. The Hall–Kier alpha value is -1.86. The van der Waals surface area contributed by atoms with Crippen LogP contribution in [0, 0.1) is 0 Å². The minimum absolute atomic E-state index is 0.989. The molecule has 0 saturated carbocycles. The van der Waals surface area contributed by atoms with Crippen molar-refractivity contribution in [2.45, 2.75) is 6.54 Å². The maximum atomic E-state index is 2.29. The molecule has 0 radical (unpaired) electrons. The summed E-state index contributed by atoms with van der Waals surface area (Å²) >= 11 is 0. The van der Waals surface area contributed by atoms with Crippen LogP contribution in [0.1, 0.15) is 5.56 Å². The van der Waals surface area contributed by atoms with Crippen molar-refractivity contribution in [3.05, 3.63) is 60.2 Å². The molecule has 0 spiro atoms. The van der Waals surface area contributed by atoms with E-state index in [0.29, 0.717) is 0 Å². The lowest BCUT2D eigenvalue weighted by molar-refractivity contribution is 0.403. The van der Waals surface area contributed by atoms with Crippen LogP contribution < -0.4 is 0 Å². The molecule has 3 rings (SSSR count). The standard InChI is InChI=1S/C17H17N/c1-18(2)12-13-7-8-16-10-14-5-3-4-6-15(14)11-17(16)9-13/h3-11H,12H2,1-2H3. The van der Waals surface area contributed by atoms with Gasteiger partial charge >= 0.3 is 0 Å². The van der Waals surface area contributed by atoms with Gasteiger partial charge in [-0.05, 0) is 59.4 Å². The first-order valence-electron chi connectivity index (χ1n) is 6.28. The van der Waals surface area contributed by atoms with E-state index < -0.39 is 0 Å². The van der Waals surface area contributed by atoms with Gasteiger partial charge in [0.15, 0.2) is 0 Å². The van der Waals surface area contributed by atoms with Gasteiger partial charge in [-0.15, -0.1) is 0 Å². The van der Waals surface area contributed by atoms with Gasteiger partial charge in [-0.1, -0.05) is 36.4 Å². The van der Waals surface area contributed by atoms with Crippen molar-refractivity contribution in [3.8, 4) is 0 Å². The highest BCUT2D eigenvalue weighted by Gasteiger charge is 2.00. The van der Waals surface area contributed by atoms with Crippen LogP contribution in [0.3, 0.4) is 0 Å². The minimum Gasteiger partial charge on any atom is -0.305 e. The summed E-state index contributed by atoms with van der Waals surface area (Å²) < 4.78 is 0. The van der Waals surface area contributed by atoms with Crippen molar-refractivity contribution in [2.24, 2.45) is 0 Å². The molecular weight excluding hydrogens is 218 g/mol. The van der Waals surface area contributed by atoms with Crippen LogP contribution in [0.2, 0.25) is 0 Å². The highest BCUT2D eigenvalue weighted by Crippen LogP contribution is 2.23. The van der Waals surface area contributed by atoms with Crippen LogP contribution in [-0.4, -0.2) is 19.0 Å². The first-order valence-corrected chi connectivity index (χ1v) is 6.28. The Morgan fingerprint density at radius 3 is 2.00 bits per heavy atom. The van der Waals surface area contributed by atoms with E-state index in [1.165, 1.54) is 27.1 Å². The second-order valence-corrected chi connectivity index (χ2v) is 5.12. The Morgan fingerprint density at radius 2 is 1.33 bits per heavy atom. The van der Waals surface area contributed by atoms with Gasteiger partial charge in [0.05, 0.1) is 0 Å². The SMILES string of the molecule is CN(C)Cc1ccc2cc3ccccc3cc2c1. The van der Waals surface area contributed by atoms with Crippen LogP contribution in [0.4, 0.5) is 0 Å². The third-order valence-corrected chi connectivity index (χ3v) is 3.27. The fourth-order valence-electron chi connectivity index (χ4n) is 2.45. The van der Waals surface area contributed by atoms with Crippen molar-refractivity contribution in [1.29, 1.82) is 0 Å². The molecule has 3 aromatic rings. The van der Waals surface area contributed by atoms with E-state index in [2.05, 4.69) is 73.6 Å². The molecular formula is C17H17N. The van der Waals surface area contributed by atoms with Gasteiger partial charge in [0.2, 0.25) is 0 Å². The van der Waals surface area contributed by atoms with Gasteiger partial charge in [0.1, 0.15) is 0 Å². The Balaban J connectivity index is 2.18. The molecule has 0 amide bonds. The van der Waals surface area contributed by atoms with Gasteiger partial charge < -0.3 is 4.90 Å². The maximum Gasteiger partial charge on any atom is 0.0227 e. The Bertz CT molecular complexity index is 698. The molecule has 0 aromatic heterocycles. The summed E-state index contributed by atoms with van der Waals surface area (Å²) in [5.41, 5.74) is 1.36. The van der Waals surface area contributed by atoms with E-state index in [0.717, 1.165) is 6.54 Å². The molecule has 1 nitrogen and oxygen atoms in total. The number of hydrogen-bond donors (Lipinski definition) is 0. The van der Waals surface area contributed by atoms with Crippen LogP contribution in [0.15, 0.2) is 54.6 Å². The molecule has 90 valence electrons. The Labute approximate surface area is 108 Å². The van der Waals surface area contributed by atoms with Crippen LogP contribution in [-0.2, 0) is 6.54 Å². The Morgan fingerprint density at radius 1 is 0.722 bits per heavy atom. The second kappa shape index (κ2) is 4.43. The van der Waals surface area contributed by atoms with E-state index in [1.807, 2.05) is 0 Å². The number of hydrogen-bond acceptors (Lipinski definition) is 1. The maximum absolute atomic E-state index is 2.29. The van der Waals surface area contributed by atoms with Crippen molar-refractivity contribution in [1.82, 2.24) is 4.90 Å². The molecule has 0 aliphatic carbocycles. The van der Waals surface area contributed by atoms with Crippen LogP contribution in [0.25, 0.3) is 21.5 Å². The van der Waals surface area contributed by atoms with Crippen LogP contribution >= 0.6 is 0 Å². The predicted molar refractivity (Wildman–Crippen MR) is 78.8 cm³/mol. The van der Waals surface area contributed by atoms with E-state index in [9.17, 15) is 0 Å². The Kier molecular flexibility index (Phi) is 2.77. The van der Waals surface area contributed by atoms with Crippen molar-refractivity contribution in [3.63, 3.8) is 0 Å². The minimum atomic E-state index is 0.989. The zero-order valence-corrected chi connectivity index (χ0v) is 10.9. The highest BCUT2D eigenvalue weighted by atomic mass is 15.0. The summed E-state index contributed by atoms with van der Waals surface area (Å²) in [6.45, 7) is 0.989. The van der Waals surface area contributed by atoms with Crippen LogP contribution in [0.5, 0.6) is 0 Å². The molecule has 0 aliphatic rings. The third-order valence-electron chi connectivity index (χ3n) is 3.27. The summed E-state index contributed by atoms with van der Waals surface area (Å²) in [7, 11) is 4.20. The summed E-state index contributed by atoms with van der Waals surface area (Å²) in [6.07, 6.45) is 0. The van der Waals surface area contributed by atoms with E-state index in [4.69, 9.17) is 0 Å². The average molecular weight is 235 g/mol. The molecule has 3 aromatic carbocycles. The molecule has 0 saturated heterocycles. The molecule has 0 atom stereocenters. The largest absolute Gasteiger partial charge is 0.305 e. The second-order valence-electron chi connectivity index (χ2n) is 5.12. The number of fused-ring (bicyclic) bond motifs is 2. The van der Waals surface area contributed by atoms with Crippen molar-refractivity contribution >= 4 is 21.5 Å². The molecule has 0 unspecified atom stereocenters. The first-order chi connectivity index (χ1) is 8.72. The predicted octanol–water partition coefficient (Wildman–Crippen LogP) is 4.05. The summed E-state index contributed by atoms with van der Waals surface area (Å²) in [4.78, 5) is 2.20. The van der Waals surface area contributed by atoms with Gasteiger partial charge in [0, 0.05) is 6.54 Å². The monoisotopic (exact) mass is 235 g/mol. The summed E-state index contributed by atoms with van der Waals surface area (Å²) in [5, 5.41) is 5.27. The van der Waals surface area contributed by atoms with E-state index in [-0.39, 0.29) is 0 Å². The number of benzene rings is 3. The highest BCUT2D eigenvalue weighted by molar-refractivity contribution is 5.98. The normalized spacial score (nSPS) is 11.5. The lowest BCUT2D eigenvalue weighted by Crippen LogP contribution is -2.10. The quantitative estimate of drug-likeness (QED) is 0.606. The molecule has 0 heterocycles. The van der Waals surface area contributed by atoms with Gasteiger partial charge in [-0.3, -0.25) is 0 Å². The lowest BCUT2D eigenvalue weighted by atomic mass is 10.0. The zero-order chi connectivity index (χ0) is 12.5. The zero-order valence-electron chi connectivity index (χ0n) is 10.9. The molecule has 0 N–H and O–H groups in total. The topological polar surface area (TPSA) is 3.24 Å².